The Morgan fingerprint density at radius 3 is 2.38 bits per heavy atom. The highest BCUT2D eigenvalue weighted by atomic mass is 19.1. The third kappa shape index (κ3) is 3.02. The average Bonchev–Trinajstić information content (AvgIpc) is 2.92. The zero-order chi connectivity index (χ0) is 20.5. The molecular formula is C20H26FN3O5. The topological polar surface area (TPSA) is 128 Å². The van der Waals surface area contributed by atoms with Crippen molar-refractivity contribution in [2.45, 2.75) is 69.5 Å². The van der Waals surface area contributed by atoms with E-state index in [1.165, 1.54) is 19.3 Å². The van der Waals surface area contributed by atoms with Crippen LogP contribution in [0.15, 0.2) is 11.0 Å². The molecule has 1 saturated heterocycles. The van der Waals surface area contributed by atoms with Crippen LogP contribution in [0.5, 0.6) is 0 Å². The van der Waals surface area contributed by atoms with Gasteiger partial charge in [-0.3, -0.25) is 9.36 Å². The van der Waals surface area contributed by atoms with Gasteiger partial charge in [0.05, 0.1) is 12.3 Å². The number of nitrogens with two attached hydrogens (primary N) is 1. The molecule has 1 aromatic heterocycles. The first-order valence-corrected chi connectivity index (χ1v) is 10.3. The van der Waals surface area contributed by atoms with Crippen LogP contribution in [0.25, 0.3) is 0 Å². The third-order valence-corrected chi connectivity index (χ3v) is 7.56. The van der Waals surface area contributed by atoms with Crippen LogP contribution in [0, 0.1) is 29.0 Å². The van der Waals surface area contributed by atoms with Gasteiger partial charge in [-0.15, -0.1) is 0 Å². The smallest absolute Gasteiger partial charge is 0.351 e. The van der Waals surface area contributed by atoms with E-state index in [4.69, 9.17) is 10.5 Å². The number of carbonyl (C=O) groups is 1. The van der Waals surface area contributed by atoms with Gasteiger partial charge in [-0.25, -0.2) is 9.18 Å². The van der Waals surface area contributed by atoms with Crippen molar-refractivity contribution in [2.24, 2.45) is 23.2 Å². The lowest BCUT2D eigenvalue weighted by atomic mass is 9.48. The maximum Gasteiger partial charge on any atom is 0.351 e. The van der Waals surface area contributed by atoms with Crippen molar-refractivity contribution in [1.82, 2.24) is 9.55 Å². The zero-order valence-corrected chi connectivity index (χ0v) is 16.0. The summed E-state index contributed by atoms with van der Waals surface area (Å²) in [4.78, 5) is 28.7. The molecule has 8 nitrogen and oxygen atoms in total. The van der Waals surface area contributed by atoms with Crippen LogP contribution in [0.1, 0.15) is 51.2 Å². The van der Waals surface area contributed by atoms with Gasteiger partial charge in [0, 0.05) is 11.8 Å². The SMILES string of the molecule is Nc1nc(=O)n([C@@H]2O[C@H](CC(=O)C34CC5CC(CC(C5)C3)C4)[C@@H](O)[C@H]2O)cc1F. The highest BCUT2D eigenvalue weighted by Crippen LogP contribution is 2.60. The molecule has 5 fully saturated rings. The minimum absolute atomic E-state index is 0.0273. The van der Waals surface area contributed by atoms with Gasteiger partial charge in [-0.1, -0.05) is 0 Å². The summed E-state index contributed by atoms with van der Waals surface area (Å²) in [6, 6.07) is 0. The number of hydrogen-bond donors (Lipinski definition) is 3. The van der Waals surface area contributed by atoms with Crippen molar-refractivity contribution >= 4 is 11.6 Å². The number of aliphatic hydroxyl groups excluding tert-OH is 2. The first-order chi connectivity index (χ1) is 13.8. The van der Waals surface area contributed by atoms with Gasteiger partial charge < -0.3 is 20.7 Å². The van der Waals surface area contributed by atoms with E-state index in [2.05, 4.69) is 4.98 Å². The Kier molecular flexibility index (Phi) is 4.34. The summed E-state index contributed by atoms with van der Waals surface area (Å²) >= 11 is 0. The first kappa shape index (κ1) is 19.1. The molecule has 9 heteroatoms. The molecule has 4 N–H and O–H groups in total. The third-order valence-electron chi connectivity index (χ3n) is 7.56. The second-order valence-electron chi connectivity index (χ2n) is 9.54. The summed E-state index contributed by atoms with van der Waals surface area (Å²) in [5, 5.41) is 20.8. The molecule has 0 amide bonds. The van der Waals surface area contributed by atoms with Crippen molar-refractivity contribution < 1.29 is 24.1 Å². The molecule has 4 aliphatic carbocycles. The Labute approximate surface area is 166 Å². The molecule has 29 heavy (non-hydrogen) atoms. The molecule has 0 aromatic carbocycles. The van der Waals surface area contributed by atoms with Crippen LogP contribution in [0.3, 0.4) is 0 Å². The summed E-state index contributed by atoms with van der Waals surface area (Å²) in [7, 11) is 0. The predicted octanol–water partition coefficient (Wildman–Crippen LogP) is 0.759. The summed E-state index contributed by atoms with van der Waals surface area (Å²) in [6.07, 6.45) is 2.01. The van der Waals surface area contributed by atoms with Crippen LogP contribution in [-0.2, 0) is 9.53 Å². The van der Waals surface area contributed by atoms with E-state index < -0.39 is 41.9 Å². The van der Waals surface area contributed by atoms with E-state index in [1.807, 2.05) is 0 Å². The van der Waals surface area contributed by atoms with Gasteiger partial charge in [-0.2, -0.15) is 4.98 Å². The van der Waals surface area contributed by atoms with Gasteiger partial charge in [0.2, 0.25) is 0 Å². The number of nitrogens with zero attached hydrogens (tertiary/aromatic N) is 2. The standard InChI is InChI=1S/C20H26FN3O5/c21-12-8-24(19(28)23-17(12)22)18-16(27)15(26)13(29-18)4-14(25)20-5-9-1-10(6-20)3-11(2-9)7-20/h8-11,13,15-16,18,26-27H,1-7H2,(H2,22,23,28)/t9?,10?,11?,13-,15-,16-,18-,20?/m1/s1. The van der Waals surface area contributed by atoms with Gasteiger partial charge in [-0.05, 0) is 56.3 Å². The fourth-order valence-corrected chi connectivity index (χ4v) is 6.62. The average molecular weight is 407 g/mol. The van der Waals surface area contributed by atoms with Crippen LogP contribution in [-0.4, -0.2) is 43.9 Å². The van der Waals surface area contributed by atoms with Crippen LogP contribution >= 0.6 is 0 Å². The second-order valence-corrected chi connectivity index (χ2v) is 9.54. The largest absolute Gasteiger partial charge is 0.388 e. The Hall–Kier alpha value is -1.84. The van der Waals surface area contributed by atoms with Gasteiger partial charge in [0.25, 0.3) is 0 Å². The van der Waals surface area contributed by atoms with E-state index in [9.17, 15) is 24.2 Å². The molecule has 0 spiro atoms. The fourth-order valence-electron chi connectivity index (χ4n) is 6.62. The highest BCUT2D eigenvalue weighted by Gasteiger charge is 2.55. The summed E-state index contributed by atoms with van der Waals surface area (Å²) < 4.78 is 20.2. The van der Waals surface area contributed by atoms with Crippen LogP contribution in [0.2, 0.25) is 0 Å². The number of aliphatic hydroxyl groups is 2. The predicted molar refractivity (Wildman–Crippen MR) is 99.0 cm³/mol. The molecular weight excluding hydrogens is 381 g/mol. The maximum atomic E-state index is 13.8. The number of ketones is 1. The molecule has 5 aliphatic rings. The second kappa shape index (κ2) is 6.58. The van der Waals surface area contributed by atoms with Crippen molar-refractivity contribution in [3.63, 3.8) is 0 Å². The first-order valence-electron chi connectivity index (χ1n) is 10.3. The van der Waals surface area contributed by atoms with Gasteiger partial charge in [0.15, 0.2) is 17.9 Å². The summed E-state index contributed by atoms with van der Waals surface area (Å²) in [6.45, 7) is 0. The summed E-state index contributed by atoms with van der Waals surface area (Å²) in [5.41, 5.74) is 4.05. The molecule has 0 unspecified atom stereocenters. The number of hydrogen-bond acceptors (Lipinski definition) is 7. The Balaban J connectivity index is 1.34. The number of anilines is 1. The zero-order valence-electron chi connectivity index (χ0n) is 16.0. The molecule has 1 aliphatic heterocycles. The van der Waals surface area contributed by atoms with Crippen molar-refractivity contribution in [2.75, 3.05) is 5.73 Å². The number of halogens is 1. The van der Waals surface area contributed by atoms with Gasteiger partial charge >= 0.3 is 5.69 Å². The van der Waals surface area contributed by atoms with E-state index >= 15 is 0 Å². The lowest BCUT2D eigenvalue weighted by molar-refractivity contribution is -0.148. The molecule has 6 rings (SSSR count). The maximum absolute atomic E-state index is 13.8. The number of rotatable bonds is 4. The molecule has 4 atom stereocenters. The van der Waals surface area contributed by atoms with Crippen LogP contribution in [0.4, 0.5) is 10.2 Å². The fraction of sp³-hybridized carbons (Fsp3) is 0.750. The molecule has 2 heterocycles. The van der Waals surface area contributed by atoms with E-state index in [0.29, 0.717) is 17.8 Å². The van der Waals surface area contributed by atoms with E-state index in [1.54, 1.807) is 0 Å². The lowest BCUT2D eigenvalue weighted by Crippen LogP contribution is -2.51. The van der Waals surface area contributed by atoms with Crippen molar-refractivity contribution in [1.29, 1.82) is 0 Å². The highest BCUT2D eigenvalue weighted by molar-refractivity contribution is 5.86. The minimum atomic E-state index is -1.48. The number of nitrogen functional groups attached to an aromatic ring is 1. The molecule has 1 aromatic rings. The van der Waals surface area contributed by atoms with Crippen molar-refractivity contribution in [3.8, 4) is 0 Å². The van der Waals surface area contributed by atoms with Gasteiger partial charge in [0.1, 0.15) is 18.0 Å². The number of aromatic nitrogens is 2. The Morgan fingerprint density at radius 2 is 1.79 bits per heavy atom. The van der Waals surface area contributed by atoms with Crippen molar-refractivity contribution in [3.05, 3.63) is 22.5 Å². The minimum Gasteiger partial charge on any atom is -0.388 e. The monoisotopic (exact) mass is 407 g/mol. The number of carbonyl (C=O) groups excluding carboxylic acids is 1. The van der Waals surface area contributed by atoms with E-state index in [-0.39, 0.29) is 17.6 Å². The Bertz CT molecular complexity index is 867. The quantitative estimate of drug-likeness (QED) is 0.672. The molecule has 0 radical (unpaired) electrons. The molecule has 158 valence electrons. The number of ether oxygens (including phenoxy) is 1. The number of Topliss-reactive ketones (excluding diaryl/α,β-unsaturated/α-hetero) is 1. The van der Waals surface area contributed by atoms with E-state index in [0.717, 1.165) is 30.0 Å². The molecule has 4 bridgehead atoms. The lowest BCUT2D eigenvalue weighted by Gasteiger charge is -2.56. The molecule has 4 saturated carbocycles. The summed E-state index contributed by atoms with van der Waals surface area (Å²) in [5.74, 6) is 0.430. The normalized spacial score (nSPS) is 43.1. The Morgan fingerprint density at radius 1 is 1.21 bits per heavy atom. The van der Waals surface area contributed by atoms with Crippen LogP contribution < -0.4 is 11.4 Å².